The molecule has 1 heterocycles. The maximum absolute atomic E-state index is 12.2. The lowest BCUT2D eigenvalue weighted by molar-refractivity contribution is 0.0951. The summed E-state index contributed by atoms with van der Waals surface area (Å²) in [5.41, 5.74) is 0.371. The summed E-state index contributed by atoms with van der Waals surface area (Å²) in [4.78, 5) is 13.1. The molecule has 0 saturated carbocycles. The first kappa shape index (κ1) is 17.7. The van der Waals surface area contributed by atoms with Crippen LogP contribution >= 0.6 is 22.9 Å². The number of amides is 1. The number of ether oxygens (including phenoxy) is 1. The Labute approximate surface area is 145 Å². The summed E-state index contributed by atoms with van der Waals surface area (Å²) >= 11 is 4.89. The Bertz CT molecular complexity index is 721. The third-order valence-electron chi connectivity index (χ3n) is 2.91. The highest BCUT2D eigenvalue weighted by molar-refractivity contribution is 7.80. The second-order valence-electron chi connectivity index (χ2n) is 4.45. The molecule has 0 spiro atoms. The van der Waals surface area contributed by atoms with Crippen molar-refractivity contribution in [3.05, 3.63) is 45.8 Å². The summed E-state index contributed by atoms with van der Waals surface area (Å²) in [6.07, 6.45) is 0.590. The van der Waals surface area contributed by atoms with Crippen molar-refractivity contribution in [3.8, 4) is 5.75 Å². The minimum absolute atomic E-state index is 0.278. The second kappa shape index (κ2) is 8.30. The topological polar surface area (TPSA) is 90.5 Å². The molecule has 1 amide bonds. The van der Waals surface area contributed by atoms with Crippen LogP contribution in [-0.4, -0.2) is 28.3 Å². The highest BCUT2D eigenvalue weighted by atomic mass is 35.5. The number of methoxy groups -OCH3 is 1. The highest BCUT2D eigenvalue weighted by Crippen LogP contribution is 2.23. The van der Waals surface area contributed by atoms with E-state index in [2.05, 4.69) is 10.0 Å². The van der Waals surface area contributed by atoms with Gasteiger partial charge in [-0.3, -0.25) is 9.00 Å². The number of hydrogen-bond donors (Lipinski definition) is 2. The molecule has 1 atom stereocenters. The van der Waals surface area contributed by atoms with Crippen LogP contribution in [0.1, 0.15) is 15.2 Å². The molecule has 0 aliphatic carbocycles. The third kappa shape index (κ3) is 5.21. The van der Waals surface area contributed by atoms with Gasteiger partial charge in [-0.05, 0) is 36.8 Å². The van der Waals surface area contributed by atoms with Crippen molar-refractivity contribution in [1.82, 2.24) is 5.32 Å². The lowest BCUT2D eigenvalue weighted by Crippen LogP contribution is -2.26. The molecule has 0 fully saturated rings. The summed E-state index contributed by atoms with van der Waals surface area (Å²) in [6, 6.07) is 8.32. The summed E-state index contributed by atoms with van der Waals surface area (Å²) in [5, 5.41) is 3.78. The van der Waals surface area contributed by atoms with Crippen LogP contribution in [0.25, 0.3) is 0 Å². The third-order valence-corrected chi connectivity index (χ3v) is 4.72. The van der Waals surface area contributed by atoms with Gasteiger partial charge in [0.2, 0.25) is 0 Å². The number of rotatable bonds is 7. The van der Waals surface area contributed by atoms with Crippen LogP contribution in [0.3, 0.4) is 0 Å². The molecule has 23 heavy (non-hydrogen) atoms. The quantitative estimate of drug-likeness (QED) is 0.730. The zero-order valence-corrected chi connectivity index (χ0v) is 14.5. The predicted octanol–water partition coefficient (Wildman–Crippen LogP) is 2.59. The fourth-order valence-electron chi connectivity index (χ4n) is 1.90. The van der Waals surface area contributed by atoms with E-state index in [1.807, 2.05) is 6.07 Å². The maximum Gasteiger partial charge on any atom is 0.255 e. The van der Waals surface area contributed by atoms with E-state index in [-0.39, 0.29) is 5.91 Å². The average Bonchev–Trinajstić information content (AvgIpc) is 2.93. The minimum atomic E-state index is -2.33. The monoisotopic (exact) mass is 373 g/mol. The SMILES string of the molecule is COc1ccc(Cl)cc1C(=O)NCCc1ccc(NS(=O)[O-])s1. The number of anilines is 1. The van der Waals surface area contributed by atoms with Crippen molar-refractivity contribution in [2.75, 3.05) is 18.4 Å². The van der Waals surface area contributed by atoms with E-state index in [0.29, 0.717) is 34.3 Å². The van der Waals surface area contributed by atoms with Crippen LogP contribution in [0.15, 0.2) is 30.3 Å². The standard InChI is InChI=1S/C14H15ClN2O4S2/c1-21-12-4-2-9(15)8-11(12)14(18)16-7-6-10-3-5-13(22-10)17-23(19)20/h2-5,8,17H,6-7H2,1H3,(H,16,18)(H,19,20)/p-1. The molecule has 0 bridgehead atoms. The van der Waals surface area contributed by atoms with E-state index in [0.717, 1.165) is 4.88 Å². The molecule has 124 valence electrons. The van der Waals surface area contributed by atoms with Gasteiger partial charge in [0.05, 0.1) is 17.7 Å². The van der Waals surface area contributed by atoms with Crippen LogP contribution in [0.2, 0.25) is 5.02 Å². The van der Waals surface area contributed by atoms with Gasteiger partial charge in [-0.2, -0.15) is 0 Å². The van der Waals surface area contributed by atoms with Gasteiger partial charge in [0.25, 0.3) is 5.91 Å². The van der Waals surface area contributed by atoms with E-state index in [4.69, 9.17) is 16.3 Å². The van der Waals surface area contributed by atoms with Gasteiger partial charge in [-0.1, -0.05) is 11.6 Å². The van der Waals surface area contributed by atoms with Crippen LogP contribution in [-0.2, 0) is 17.7 Å². The molecule has 1 unspecified atom stereocenters. The van der Waals surface area contributed by atoms with Crippen molar-refractivity contribution >= 4 is 45.1 Å². The van der Waals surface area contributed by atoms with Crippen molar-refractivity contribution in [3.63, 3.8) is 0 Å². The van der Waals surface area contributed by atoms with Crippen LogP contribution in [0.5, 0.6) is 5.75 Å². The largest absolute Gasteiger partial charge is 0.755 e. The first-order valence-electron chi connectivity index (χ1n) is 6.56. The molecular formula is C14H14ClN2O4S2-. The van der Waals surface area contributed by atoms with Crippen molar-refractivity contribution in [1.29, 1.82) is 0 Å². The molecule has 1 aromatic carbocycles. The van der Waals surface area contributed by atoms with Gasteiger partial charge in [0.1, 0.15) is 5.75 Å². The highest BCUT2D eigenvalue weighted by Gasteiger charge is 2.12. The number of benzene rings is 1. The molecule has 2 aromatic rings. The predicted molar refractivity (Wildman–Crippen MR) is 90.9 cm³/mol. The van der Waals surface area contributed by atoms with Crippen molar-refractivity contribution < 1.29 is 18.3 Å². The van der Waals surface area contributed by atoms with Gasteiger partial charge in [-0.25, -0.2) is 0 Å². The average molecular weight is 374 g/mol. The molecule has 0 aliphatic heterocycles. The molecule has 2 N–H and O–H groups in total. The number of thiophene rings is 1. The van der Waals surface area contributed by atoms with E-state index < -0.39 is 11.3 Å². The van der Waals surface area contributed by atoms with E-state index >= 15 is 0 Å². The zero-order chi connectivity index (χ0) is 16.8. The summed E-state index contributed by atoms with van der Waals surface area (Å²) < 4.78 is 28.5. The minimum Gasteiger partial charge on any atom is -0.755 e. The molecule has 0 aliphatic rings. The zero-order valence-electron chi connectivity index (χ0n) is 12.1. The van der Waals surface area contributed by atoms with Crippen molar-refractivity contribution in [2.24, 2.45) is 0 Å². The number of hydrogen-bond acceptors (Lipinski definition) is 5. The van der Waals surface area contributed by atoms with Gasteiger partial charge in [0.15, 0.2) is 0 Å². The lowest BCUT2D eigenvalue weighted by Gasteiger charge is -2.09. The van der Waals surface area contributed by atoms with Crippen LogP contribution in [0.4, 0.5) is 5.00 Å². The number of nitrogens with one attached hydrogen (secondary N) is 2. The van der Waals surface area contributed by atoms with Crippen LogP contribution < -0.4 is 14.8 Å². The normalized spacial score (nSPS) is 11.8. The molecule has 9 heteroatoms. The van der Waals surface area contributed by atoms with Gasteiger partial charge >= 0.3 is 0 Å². The Balaban J connectivity index is 1.91. The van der Waals surface area contributed by atoms with Gasteiger partial charge in [0, 0.05) is 27.7 Å². The summed E-state index contributed by atoms with van der Waals surface area (Å²) in [5.74, 6) is 0.173. The second-order valence-corrected chi connectivity index (χ2v) is 6.73. The summed E-state index contributed by atoms with van der Waals surface area (Å²) in [7, 11) is 1.49. The molecule has 0 saturated heterocycles. The fraction of sp³-hybridized carbons (Fsp3) is 0.214. The Kier molecular flexibility index (Phi) is 6.40. The molecule has 6 nitrogen and oxygen atoms in total. The smallest absolute Gasteiger partial charge is 0.255 e. The molecule has 1 aromatic heterocycles. The molecular weight excluding hydrogens is 360 g/mol. The molecule has 0 radical (unpaired) electrons. The Morgan fingerprint density at radius 1 is 1.39 bits per heavy atom. The maximum atomic E-state index is 12.2. The fourth-order valence-corrected chi connectivity index (χ4v) is 3.44. The Morgan fingerprint density at radius 2 is 2.17 bits per heavy atom. The van der Waals surface area contributed by atoms with Crippen molar-refractivity contribution in [2.45, 2.75) is 6.42 Å². The van der Waals surface area contributed by atoms with Gasteiger partial charge in [-0.15, -0.1) is 11.3 Å². The number of carbonyl (C=O) groups is 1. The lowest BCUT2D eigenvalue weighted by atomic mass is 10.2. The Morgan fingerprint density at radius 3 is 2.87 bits per heavy atom. The van der Waals surface area contributed by atoms with Gasteiger partial charge < -0.3 is 19.3 Å². The summed E-state index contributed by atoms with van der Waals surface area (Å²) in [6.45, 7) is 0.412. The first-order chi connectivity index (χ1) is 11.0. The number of carbonyl (C=O) groups excluding carboxylic acids is 1. The van der Waals surface area contributed by atoms with E-state index in [1.165, 1.54) is 18.4 Å². The Hall–Kier alpha value is -1.61. The van der Waals surface area contributed by atoms with E-state index in [1.54, 1.807) is 24.3 Å². The first-order valence-corrected chi connectivity index (χ1v) is 8.83. The van der Waals surface area contributed by atoms with Crippen LogP contribution in [0, 0.1) is 0 Å². The van der Waals surface area contributed by atoms with E-state index in [9.17, 15) is 13.6 Å². The molecule has 2 rings (SSSR count). The number of halogens is 1.